The summed E-state index contributed by atoms with van der Waals surface area (Å²) in [5, 5.41) is 3.91. The molecule has 106 valence electrons. The van der Waals surface area contributed by atoms with Gasteiger partial charge in [0.2, 0.25) is 5.88 Å². The molecule has 0 amide bonds. The second-order valence-electron chi connectivity index (χ2n) is 4.79. The maximum absolute atomic E-state index is 13.4. The molecule has 1 aromatic heterocycles. The van der Waals surface area contributed by atoms with Gasteiger partial charge in [0.25, 0.3) is 0 Å². The van der Waals surface area contributed by atoms with E-state index in [1.165, 1.54) is 12.1 Å². The fourth-order valence-electron chi connectivity index (χ4n) is 2.19. The number of hydrogen-bond donors (Lipinski definition) is 1. The highest BCUT2D eigenvalue weighted by Gasteiger charge is 2.18. The van der Waals surface area contributed by atoms with Gasteiger partial charge < -0.3 is 10.3 Å². The summed E-state index contributed by atoms with van der Waals surface area (Å²) < 4.78 is 31.8. The first-order valence-electron chi connectivity index (χ1n) is 6.33. The maximum atomic E-state index is 13.4. The zero-order valence-electron chi connectivity index (χ0n) is 11.2. The molecule has 0 radical (unpaired) electrons. The zero-order chi connectivity index (χ0) is 15.0. The van der Waals surface area contributed by atoms with Crippen LogP contribution in [-0.2, 0) is 0 Å². The van der Waals surface area contributed by atoms with Crippen LogP contribution in [0.1, 0.15) is 5.56 Å². The van der Waals surface area contributed by atoms with Crippen LogP contribution in [0.4, 0.5) is 14.7 Å². The molecule has 3 nitrogen and oxygen atoms in total. The van der Waals surface area contributed by atoms with Crippen LogP contribution in [0.5, 0.6) is 0 Å². The lowest BCUT2D eigenvalue weighted by Gasteiger charge is -2.04. The summed E-state index contributed by atoms with van der Waals surface area (Å²) >= 11 is 0. The van der Waals surface area contributed by atoms with E-state index >= 15 is 0 Å². The molecule has 0 aliphatic rings. The van der Waals surface area contributed by atoms with Gasteiger partial charge in [0.15, 0.2) is 0 Å². The Morgan fingerprint density at radius 3 is 2.19 bits per heavy atom. The molecule has 0 saturated heterocycles. The van der Waals surface area contributed by atoms with Crippen molar-refractivity contribution >= 4 is 5.88 Å². The van der Waals surface area contributed by atoms with Crippen LogP contribution >= 0.6 is 0 Å². The number of aromatic nitrogens is 1. The van der Waals surface area contributed by atoms with Gasteiger partial charge in [-0.2, -0.15) is 0 Å². The Balaban J connectivity index is 2.19. The van der Waals surface area contributed by atoms with Crippen LogP contribution in [0.3, 0.4) is 0 Å². The van der Waals surface area contributed by atoms with E-state index in [4.69, 9.17) is 10.3 Å². The first kappa shape index (κ1) is 13.3. The standard InChI is InChI=1S/C16H12F2N2O/c1-9-2-4-10(5-3-9)15-14(16(19)21-20-15)11-6-12(17)8-13(18)7-11/h2-8H,19H2,1H3. The van der Waals surface area contributed by atoms with Crippen molar-refractivity contribution in [2.24, 2.45) is 0 Å². The van der Waals surface area contributed by atoms with Crippen LogP contribution in [0.25, 0.3) is 22.4 Å². The van der Waals surface area contributed by atoms with Crippen molar-refractivity contribution in [1.29, 1.82) is 0 Å². The van der Waals surface area contributed by atoms with E-state index in [2.05, 4.69) is 5.16 Å². The molecule has 0 aliphatic carbocycles. The van der Waals surface area contributed by atoms with Crippen molar-refractivity contribution in [3.63, 3.8) is 0 Å². The molecule has 0 fully saturated rings. The third-order valence-electron chi connectivity index (χ3n) is 3.19. The number of nitrogens with two attached hydrogens (primary N) is 1. The molecule has 1 heterocycles. The quantitative estimate of drug-likeness (QED) is 0.769. The fraction of sp³-hybridized carbons (Fsp3) is 0.0625. The molecule has 0 aliphatic heterocycles. The van der Waals surface area contributed by atoms with Crippen LogP contribution in [0.2, 0.25) is 0 Å². The Labute approximate surface area is 120 Å². The zero-order valence-corrected chi connectivity index (χ0v) is 11.2. The second kappa shape index (κ2) is 5.01. The van der Waals surface area contributed by atoms with Gasteiger partial charge in [0.1, 0.15) is 17.3 Å². The van der Waals surface area contributed by atoms with Gasteiger partial charge in [-0.25, -0.2) is 8.78 Å². The minimum Gasteiger partial charge on any atom is -0.367 e. The lowest BCUT2D eigenvalue weighted by molar-refractivity contribution is 0.439. The Kier molecular flexibility index (Phi) is 3.17. The predicted molar refractivity (Wildman–Crippen MR) is 76.4 cm³/mol. The Hall–Kier alpha value is -2.69. The monoisotopic (exact) mass is 286 g/mol. The highest BCUT2D eigenvalue weighted by atomic mass is 19.1. The molecule has 3 rings (SSSR count). The highest BCUT2D eigenvalue weighted by Crippen LogP contribution is 2.36. The van der Waals surface area contributed by atoms with Crippen molar-refractivity contribution in [2.75, 3.05) is 5.73 Å². The number of anilines is 1. The van der Waals surface area contributed by atoms with Crippen LogP contribution in [0.15, 0.2) is 47.0 Å². The second-order valence-corrected chi connectivity index (χ2v) is 4.79. The molecule has 2 N–H and O–H groups in total. The van der Waals surface area contributed by atoms with Crippen molar-refractivity contribution in [3.8, 4) is 22.4 Å². The number of benzene rings is 2. The van der Waals surface area contributed by atoms with Gasteiger partial charge in [-0.1, -0.05) is 35.0 Å². The third kappa shape index (κ3) is 2.50. The first-order valence-corrected chi connectivity index (χ1v) is 6.33. The normalized spacial score (nSPS) is 10.8. The average molecular weight is 286 g/mol. The molecular formula is C16H12F2N2O. The number of nitrogen functional groups attached to an aromatic ring is 1. The maximum Gasteiger partial charge on any atom is 0.230 e. The number of hydrogen-bond acceptors (Lipinski definition) is 3. The Morgan fingerprint density at radius 2 is 1.57 bits per heavy atom. The Bertz CT molecular complexity index is 774. The fourth-order valence-corrected chi connectivity index (χ4v) is 2.19. The van der Waals surface area contributed by atoms with Gasteiger partial charge in [-0.3, -0.25) is 0 Å². The van der Waals surface area contributed by atoms with Crippen molar-refractivity contribution in [1.82, 2.24) is 5.16 Å². The molecule has 5 heteroatoms. The van der Waals surface area contributed by atoms with Crippen molar-refractivity contribution in [2.45, 2.75) is 6.92 Å². The highest BCUT2D eigenvalue weighted by molar-refractivity contribution is 5.86. The van der Waals surface area contributed by atoms with Gasteiger partial charge in [0, 0.05) is 11.6 Å². The molecule has 0 saturated carbocycles. The molecule has 0 bridgehead atoms. The average Bonchev–Trinajstić information content (AvgIpc) is 2.80. The van der Waals surface area contributed by atoms with E-state index in [-0.39, 0.29) is 5.88 Å². The SMILES string of the molecule is Cc1ccc(-c2noc(N)c2-c2cc(F)cc(F)c2)cc1. The first-order chi connectivity index (χ1) is 10.0. The molecule has 3 aromatic rings. The molecular weight excluding hydrogens is 274 g/mol. The van der Waals surface area contributed by atoms with Gasteiger partial charge >= 0.3 is 0 Å². The van der Waals surface area contributed by atoms with E-state index in [1.807, 2.05) is 31.2 Å². The number of rotatable bonds is 2. The summed E-state index contributed by atoms with van der Waals surface area (Å²) in [5.74, 6) is -1.34. The summed E-state index contributed by atoms with van der Waals surface area (Å²) in [5.41, 5.74) is 8.76. The van der Waals surface area contributed by atoms with E-state index in [1.54, 1.807) is 0 Å². The topological polar surface area (TPSA) is 52.0 Å². The lowest BCUT2D eigenvalue weighted by Crippen LogP contribution is -1.90. The summed E-state index contributed by atoms with van der Waals surface area (Å²) in [6, 6.07) is 10.7. The molecule has 2 aromatic carbocycles. The molecule has 0 unspecified atom stereocenters. The summed E-state index contributed by atoms with van der Waals surface area (Å²) in [6.45, 7) is 1.96. The van der Waals surface area contributed by atoms with E-state index in [0.717, 1.165) is 17.2 Å². The summed E-state index contributed by atoms with van der Waals surface area (Å²) in [4.78, 5) is 0. The van der Waals surface area contributed by atoms with Crippen LogP contribution in [-0.4, -0.2) is 5.16 Å². The van der Waals surface area contributed by atoms with Gasteiger partial charge in [-0.15, -0.1) is 0 Å². The third-order valence-corrected chi connectivity index (χ3v) is 3.19. The predicted octanol–water partition coefficient (Wildman–Crippen LogP) is 4.18. The molecule has 21 heavy (non-hydrogen) atoms. The number of nitrogens with zero attached hydrogens (tertiary/aromatic N) is 1. The minimum absolute atomic E-state index is 0.0237. The van der Waals surface area contributed by atoms with Crippen LogP contribution in [0, 0.1) is 18.6 Å². The van der Waals surface area contributed by atoms with Crippen molar-refractivity contribution in [3.05, 3.63) is 59.7 Å². The Morgan fingerprint density at radius 1 is 0.952 bits per heavy atom. The minimum atomic E-state index is -0.680. The number of aryl methyl sites for hydroxylation is 1. The van der Waals surface area contributed by atoms with E-state index in [9.17, 15) is 8.78 Å². The summed E-state index contributed by atoms with van der Waals surface area (Å²) in [6.07, 6.45) is 0. The lowest BCUT2D eigenvalue weighted by atomic mass is 10.00. The smallest absolute Gasteiger partial charge is 0.230 e. The molecule has 0 spiro atoms. The van der Waals surface area contributed by atoms with Crippen LogP contribution < -0.4 is 5.73 Å². The van der Waals surface area contributed by atoms with E-state index < -0.39 is 11.6 Å². The van der Waals surface area contributed by atoms with Gasteiger partial charge in [-0.05, 0) is 24.6 Å². The summed E-state index contributed by atoms with van der Waals surface area (Å²) in [7, 11) is 0. The van der Waals surface area contributed by atoms with Gasteiger partial charge in [0.05, 0.1) is 5.56 Å². The largest absolute Gasteiger partial charge is 0.367 e. The van der Waals surface area contributed by atoms with Crippen molar-refractivity contribution < 1.29 is 13.3 Å². The number of halogens is 2. The molecule has 0 atom stereocenters. The van der Waals surface area contributed by atoms with E-state index in [0.29, 0.717) is 16.8 Å².